The molecule has 1 heterocycles. The first-order chi connectivity index (χ1) is 9.90. The molecule has 0 spiro atoms. The Hall–Kier alpha value is -1.00. The Kier molecular flexibility index (Phi) is 5.33. The SMILES string of the molecule is CSc1ccc(CC(=O)N2CCC[C@@H](C(C)(C)O)C2)cc1. The summed E-state index contributed by atoms with van der Waals surface area (Å²) in [6.07, 6.45) is 4.47. The highest BCUT2D eigenvalue weighted by Crippen LogP contribution is 2.27. The van der Waals surface area contributed by atoms with Crippen LogP contribution in [0.25, 0.3) is 0 Å². The van der Waals surface area contributed by atoms with Gasteiger partial charge in [0.25, 0.3) is 0 Å². The first kappa shape index (κ1) is 16.4. The lowest BCUT2D eigenvalue weighted by atomic mass is 9.84. The molecule has 1 atom stereocenters. The Morgan fingerprint density at radius 1 is 1.38 bits per heavy atom. The minimum absolute atomic E-state index is 0.167. The molecule has 0 saturated carbocycles. The van der Waals surface area contributed by atoms with Crippen LogP contribution >= 0.6 is 11.8 Å². The summed E-state index contributed by atoms with van der Waals surface area (Å²) in [4.78, 5) is 15.6. The number of carbonyl (C=O) groups excluding carboxylic acids is 1. The second-order valence-electron chi connectivity index (χ2n) is 6.36. The Balaban J connectivity index is 1.96. The van der Waals surface area contributed by atoms with Crippen LogP contribution in [0.4, 0.5) is 0 Å². The molecule has 0 unspecified atom stereocenters. The minimum Gasteiger partial charge on any atom is -0.390 e. The summed E-state index contributed by atoms with van der Waals surface area (Å²) in [7, 11) is 0. The van der Waals surface area contributed by atoms with Crippen molar-refractivity contribution >= 4 is 17.7 Å². The fourth-order valence-corrected chi connectivity index (χ4v) is 3.22. The van der Waals surface area contributed by atoms with Crippen LogP contribution in [0.1, 0.15) is 32.3 Å². The Morgan fingerprint density at radius 2 is 2.05 bits per heavy atom. The van der Waals surface area contributed by atoms with Crippen LogP contribution in [0.2, 0.25) is 0 Å². The first-order valence-electron chi connectivity index (χ1n) is 7.53. The van der Waals surface area contributed by atoms with Crippen molar-refractivity contribution in [2.24, 2.45) is 5.92 Å². The van der Waals surface area contributed by atoms with Crippen LogP contribution in [0, 0.1) is 5.92 Å². The van der Waals surface area contributed by atoms with Crippen molar-refractivity contribution < 1.29 is 9.90 Å². The van der Waals surface area contributed by atoms with Crippen LogP contribution in [-0.4, -0.2) is 40.9 Å². The molecule has 0 aromatic heterocycles. The lowest BCUT2D eigenvalue weighted by molar-refractivity contribution is -0.134. The number of thioether (sulfide) groups is 1. The van der Waals surface area contributed by atoms with Crippen molar-refractivity contribution in [3.63, 3.8) is 0 Å². The van der Waals surface area contributed by atoms with Crippen LogP contribution < -0.4 is 0 Å². The topological polar surface area (TPSA) is 40.5 Å². The Labute approximate surface area is 131 Å². The van der Waals surface area contributed by atoms with E-state index in [1.54, 1.807) is 11.8 Å². The minimum atomic E-state index is -0.709. The third-order valence-corrected chi connectivity index (χ3v) is 5.03. The van der Waals surface area contributed by atoms with E-state index in [1.165, 1.54) is 4.90 Å². The lowest BCUT2D eigenvalue weighted by Crippen LogP contribution is -2.47. The molecule has 21 heavy (non-hydrogen) atoms. The standard InChI is InChI=1S/C17H25NO2S/c1-17(2,20)14-5-4-10-18(12-14)16(19)11-13-6-8-15(21-3)9-7-13/h6-9,14,20H,4-5,10-12H2,1-3H3/t14-/m1/s1. The molecule has 1 aliphatic rings. The van der Waals surface area contributed by atoms with Gasteiger partial charge < -0.3 is 10.0 Å². The predicted molar refractivity (Wildman–Crippen MR) is 87.5 cm³/mol. The second kappa shape index (κ2) is 6.84. The van der Waals surface area contributed by atoms with E-state index in [0.29, 0.717) is 13.0 Å². The van der Waals surface area contributed by atoms with E-state index in [9.17, 15) is 9.90 Å². The predicted octanol–water partition coefficient (Wildman–Crippen LogP) is 2.96. The quantitative estimate of drug-likeness (QED) is 0.870. The van der Waals surface area contributed by atoms with Crippen LogP contribution in [0.3, 0.4) is 0 Å². The molecule has 116 valence electrons. The maximum absolute atomic E-state index is 12.4. The van der Waals surface area contributed by atoms with Crippen molar-refractivity contribution in [2.75, 3.05) is 19.3 Å². The molecule has 2 rings (SSSR count). The van der Waals surface area contributed by atoms with Crippen molar-refractivity contribution in [1.29, 1.82) is 0 Å². The zero-order valence-electron chi connectivity index (χ0n) is 13.1. The van der Waals surface area contributed by atoms with Gasteiger partial charge in [0, 0.05) is 23.9 Å². The molecule has 1 fully saturated rings. The second-order valence-corrected chi connectivity index (χ2v) is 7.24. The van der Waals surface area contributed by atoms with Gasteiger partial charge in [0.05, 0.1) is 12.0 Å². The summed E-state index contributed by atoms with van der Waals surface area (Å²) < 4.78 is 0. The number of hydrogen-bond acceptors (Lipinski definition) is 3. The summed E-state index contributed by atoms with van der Waals surface area (Å²) in [5, 5.41) is 10.1. The molecule has 1 amide bonds. The molecular weight excluding hydrogens is 282 g/mol. The van der Waals surface area contributed by atoms with E-state index in [4.69, 9.17) is 0 Å². The van der Waals surface area contributed by atoms with Gasteiger partial charge in [0.1, 0.15) is 0 Å². The number of aliphatic hydroxyl groups is 1. The summed E-state index contributed by atoms with van der Waals surface area (Å²) in [6.45, 7) is 5.17. The van der Waals surface area contributed by atoms with E-state index < -0.39 is 5.60 Å². The van der Waals surface area contributed by atoms with E-state index in [2.05, 4.69) is 12.1 Å². The largest absolute Gasteiger partial charge is 0.390 e. The van der Waals surface area contributed by atoms with Gasteiger partial charge in [0.15, 0.2) is 0 Å². The van der Waals surface area contributed by atoms with Gasteiger partial charge in [-0.2, -0.15) is 0 Å². The number of nitrogens with zero attached hydrogens (tertiary/aromatic N) is 1. The molecule has 0 bridgehead atoms. The zero-order valence-corrected chi connectivity index (χ0v) is 13.9. The van der Waals surface area contributed by atoms with Crippen LogP contribution in [-0.2, 0) is 11.2 Å². The summed E-state index contributed by atoms with van der Waals surface area (Å²) in [5.74, 6) is 0.343. The van der Waals surface area contributed by atoms with Crippen molar-refractivity contribution in [3.05, 3.63) is 29.8 Å². The molecule has 1 saturated heterocycles. The van der Waals surface area contributed by atoms with Gasteiger partial charge in [-0.3, -0.25) is 4.79 Å². The van der Waals surface area contributed by atoms with Crippen molar-refractivity contribution in [3.8, 4) is 0 Å². The number of benzene rings is 1. The average molecular weight is 307 g/mol. The van der Waals surface area contributed by atoms with Gasteiger partial charge in [-0.15, -0.1) is 11.8 Å². The van der Waals surface area contributed by atoms with Gasteiger partial charge in [-0.1, -0.05) is 12.1 Å². The molecule has 1 aromatic carbocycles. The van der Waals surface area contributed by atoms with Gasteiger partial charge in [-0.05, 0) is 50.6 Å². The average Bonchev–Trinajstić information content (AvgIpc) is 2.47. The molecule has 0 aliphatic carbocycles. The van der Waals surface area contributed by atoms with Gasteiger partial charge in [-0.25, -0.2) is 0 Å². The van der Waals surface area contributed by atoms with Crippen molar-refractivity contribution in [1.82, 2.24) is 4.90 Å². The molecule has 4 heteroatoms. The van der Waals surface area contributed by atoms with Gasteiger partial charge in [0.2, 0.25) is 5.91 Å². The number of rotatable bonds is 4. The van der Waals surface area contributed by atoms with Crippen LogP contribution in [0.5, 0.6) is 0 Å². The summed E-state index contributed by atoms with van der Waals surface area (Å²) in [5.41, 5.74) is 0.349. The zero-order chi connectivity index (χ0) is 15.5. The molecule has 0 radical (unpaired) electrons. The van der Waals surface area contributed by atoms with Gasteiger partial charge >= 0.3 is 0 Å². The highest BCUT2D eigenvalue weighted by Gasteiger charge is 2.32. The molecular formula is C17H25NO2S. The third kappa shape index (κ3) is 4.48. The monoisotopic (exact) mass is 307 g/mol. The highest BCUT2D eigenvalue weighted by molar-refractivity contribution is 7.98. The molecule has 1 N–H and O–H groups in total. The van der Waals surface area contributed by atoms with E-state index in [0.717, 1.165) is 24.9 Å². The number of amides is 1. The Morgan fingerprint density at radius 3 is 2.62 bits per heavy atom. The van der Waals surface area contributed by atoms with E-state index in [-0.39, 0.29) is 11.8 Å². The normalized spacial score (nSPS) is 19.6. The van der Waals surface area contributed by atoms with E-state index in [1.807, 2.05) is 37.1 Å². The Bertz CT molecular complexity index is 479. The summed E-state index contributed by atoms with van der Waals surface area (Å²) in [6, 6.07) is 8.18. The fraction of sp³-hybridized carbons (Fsp3) is 0.588. The number of likely N-dealkylation sites (tertiary alicyclic amines) is 1. The summed E-state index contributed by atoms with van der Waals surface area (Å²) >= 11 is 1.70. The molecule has 1 aliphatic heterocycles. The molecule has 1 aromatic rings. The number of piperidine rings is 1. The maximum atomic E-state index is 12.4. The van der Waals surface area contributed by atoms with Crippen molar-refractivity contribution in [2.45, 2.75) is 43.6 Å². The lowest BCUT2D eigenvalue weighted by Gasteiger charge is -2.38. The third-order valence-electron chi connectivity index (χ3n) is 4.29. The smallest absolute Gasteiger partial charge is 0.227 e. The first-order valence-corrected chi connectivity index (χ1v) is 8.75. The number of hydrogen-bond donors (Lipinski definition) is 1. The molecule has 3 nitrogen and oxygen atoms in total. The fourth-order valence-electron chi connectivity index (χ4n) is 2.81. The van der Waals surface area contributed by atoms with Crippen LogP contribution in [0.15, 0.2) is 29.2 Å². The maximum Gasteiger partial charge on any atom is 0.227 e. The highest BCUT2D eigenvalue weighted by atomic mass is 32.2. The number of carbonyl (C=O) groups is 1. The van der Waals surface area contributed by atoms with E-state index >= 15 is 0 Å².